The first-order valence-electron chi connectivity index (χ1n) is 15.4. The Balaban J connectivity index is 1.27. The molecule has 6 rings (SSSR count). The van der Waals surface area contributed by atoms with Crippen LogP contribution in [-0.4, -0.2) is 81.3 Å². The van der Waals surface area contributed by atoms with Crippen molar-refractivity contribution in [3.8, 4) is 6.01 Å². The van der Waals surface area contributed by atoms with Crippen LogP contribution in [0.15, 0.2) is 66.0 Å². The second-order valence-corrected chi connectivity index (χ2v) is 13.7. The van der Waals surface area contributed by atoms with Crippen LogP contribution in [-0.2, 0) is 49.8 Å². The quantitative estimate of drug-likeness (QED) is 0.109. The van der Waals surface area contributed by atoms with Gasteiger partial charge in [0, 0.05) is 38.8 Å². The Kier molecular flexibility index (Phi) is 9.78. The molecule has 1 saturated heterocycles. The molecule has 17 heteroatoms. The number of hydrogen-bond acceptors (Lipinski definition) is 13. The van der Waals surface area contributed by atoms with E-state index >= 15 is 0 Å². The van der Waals surface area contributed by atoms with Gasteiger partial charge in [-0.05, 0) is 30.7 Å². The van der Waals surface area contributed by atoms with Crippen LogP contribution in [0.3, 0.4) is 0 Å². The molecular weight excluding hydrogens is 694 g/mol. The Morgan fingerprint density at radius 3 is 2.34 bits per heavy atom. The van der Waals surface area contributed by atoms with Crippen LogP contribution in [0.2, 0.25) is 5.15 Å². The fourth-order valence-electron chi connectivity index (χ4n) is 5.72. The molecule has 0 saturated carbocycles. The minimum absolute atomic E-state index is 0.0421. The lowest BCUT2D eigenvalue weighted by atomic mass is 10.1. The zero-order valence-corrected chi connectivity index (χ0v) is 28.9. The summed E-state index contributed by atoms with van der Waals surface area (Å²) >= 11 is 6.48. The number of rotatable bonds is 11. The van der Waals surface area contributed by atoms with E-state index < -0.39 is 52.5 Å². The van der Waals surface area contributed by atoms with Crippen LogP contribution < -0.4 is 4.74 Å². The first-order valence-corrected chi connectivity index (χ1v) is 17.2. The van der Waals surface area contributed by atoms with Crippen molar-refractivity contribution in [2.75, 3.05) is 13.2 Å². The van der Waals surface area contributed by atoms with Crippen LogP contribution in [0.4, 0.5) is 0 Å². The number of carbonyl (C=O) groups is 3. The number of aromatic nitrogens is 5. The summed E-state index contributed by atoms with van der Waals surface area (Å²) in [6.45, 7) is 5.23. The predicted octanol–water partition coefficient (Wildman–Crippen LogP) is 3.93. The molecule has 15 nitrogen and oxygen atoms in total. The van der Waals surface area contributed by atoms with E-state index in [-0.39, 0.29) is 46.9 Å². The Morgan fingerprint density at radius 2 is 1.64 bits per heavy atom. The molecule has 5 aromatic rings. The number of nitrogens with zero attached hydrogens (tertiary/aromatic N) is 5. The second-order valence-electron chi connectivity index (χ2n) is 11.5. The number of imidazole rings is 1. The summed E-state index contributed by atoms with van der Waals surface area (Å²) in [7, 11) is -3.88. The van der Waals surface area contributed by atoms with E-state index in [2.05, 4.69) is 15.0 Å². The van der Waals surface area contributed by atoms with Crippen LogP contribution in [0.1, 0.15) is 38.1 Å². The summed E-state index contributed by atoms with van der Waals surface area (Å²) in [5.74, 6) is -1.94. The SMILES string of the molecule is CC(=O)OC[C@H]1O[C@@H](n2cnc3c(Cl)nc(OCCc4cn(S(=O)(=O)c5ccc(C)cc5)c5ccccc45)nc32)[C@H](OC(C)=O)[C@@H]1OC(C)=O. The van der Waals surface area contributed by atoms with Gasteiger partial charge in [-0.25, -0.2) is 17.4 Å². The average Bonchev–Trinajstić information content (AvgIpc) is 3.74. The zero-order valence-electron chi connectivity index (χ0n) is 27.3. The standard InChI is InChI=1S/C33H32ClN5O10S/c1-18-9-11-23(12-10-18)50(43,44)39-15-22(24-7-5-6-8-25(24)39)13-14-45-33-36-30(34)27-31(37-33)38(17-35-27)32-29(48-21(4)42)28(47-20(3)41)26(49-32)16-46-19(2)40/h5-12,15,17,26,28-29,32H,13-14,16H2,1-4H3/t26-,28-,29-,32-/m1/s1. The minimum atomic E-state index is -3.88. The highest BCUT2D eigenvalue weighted by molar-refractivity contribution is 7.90. The summed E-state index contributed by atoms with van der Waals surface area (Å²) in [4.78, 5) is 48.8. The van der Waals surface area contributed by atoms with Crippen molar-refractivity contribution in [3.05, 3.63) is 77.3 Å². The summed E-state index contributed by atoms with van der Waals surface area (Å²) in [5, 5.41) is 0.694. The number of fused-ring (bicyclic) bond motifs is 2. The Labute approximate surface area is 291 Å². The number of ether oxygens (including phenoxy) is 5. The molecule has 0 unspecified atom stereocenters. The van der Waals surface area contributed by atoms with Gasteiger partial charge in [0.2, 0.25) is 0 Å². The molecule has 262 valence electrons. The van der Waals surface area contributed by atoms with Gasteiger partial charge in [0.05, 0.1) is 23.3 Å². The Hall–Kier alpha value is -5.06. The molecule has 0 spiro atoms. The summed E-state index contributed by atoms with van der Waals surface area (Å²) in [6, 6.07) is 13.7. The van der Waals surface area contributed by atoms with Crippen molar-refractivity contribution in [1.82, 2.24) is 23.5 Å². The molecule has 0 radical (unpaired) electrons. The molecule has 0 aliphatic carbocycles. The molecule has 4 heterocycles. The molecule has 0 N–H and O–H groups in total. The molecule has 50 heavy (non-hydrogen) atoms. The summed E-state index contributed by atoms with van der Waals surface area (Å²) in [6.07, 6.45) is -1.23. The topological polar surface area (TPSA) is 180 Å². The molecule has 1 aliphatic rings. The third-order valence-electron chi connectivity index (χ3n) is 7.91. The zero-order chi connectivity index (χ0) is 35.7. The van der Waals surface area contributed by atoms with Crippen LogP contribution in [0.5, 0.6) is 6.01 Å². The van der Waals surface area contributed by atoms with Gasteiger partial charge in [0.25, 0.3) is 10.0 Å². The van der Waals surface area contributed by atoms with Gasteiger partial charge in [-0.2, -0.15) is 9.97 Å². The number of para-hydroxylation sites is 1. The monoisotopic (exact) mass is 725 g/mol. The largest absolute Gasteiger partial charge is 0.463 e. The lowest BCUT2D eigenvalue weighted by Crippen LogP contribution is -2.40. The molecular formula is C33H32ClN5O10S. The number of aryl methyl sites for hydroxylation is 1. The van der Waals surface area contributed by atoms with Crippen LogP contribution in [0, 0.1) is 6.92 Å². The van der Waals surface area contributed by atoms with Crippen LogP contribution >= 0.6 is 11.6 Å². The van der Waals surface area contributed by atoms with E-state index in [0.29, 0.717) is 11.1 Å². The lowest BCUT2D eigenvalue weighted by molar-refractivity contribution is -0.166. The van der Waals surface area contributed by atoms with Crippen molar-refractivity contribution in [2.24, 2.45) is 0 Å². The maximum absolute atomic E-state index is 13.6. The second kappa shape index (κ2) is 14.0. The van der Waals surface area contributed by atoms with E-state index in [9.17, 15) is 22.8 Å². The summed E-state index contributed by atoms with van der Waals surface area (Å²) in [5.41, 5.74) is 2.51. The highest BCUT2D eigenvalue weighted by Gasteiger charge is 2.51. The van der Waals surface area contributed by atoms with Crippen molar-refractivity contribution >= 4 is 61.6 Å². The highest BCUT2D eigenvalue weighted by atomic mass is 35.5. The van der Waals surface area contributed by atoms with Gasteiger partial charge in [-0.1, -0.05) is 47.5 Å². The van der Waals surface area contributed by atoms with Gasteiger partial charge in [0.1, 0.15) is 18.2 Å². The highest BCUT2D eigenvalue weighted by Crippen LogP contribution is 2.37. The number of halogens is 1. The van der Waals surface area contributed by atoms with Crippen molar-refractivity contribution in [2.45, 2.75) is 63.6 Å². The van der Waals surface area contributed by atoms with Crippen LogP contribution in [0.25, 0.3) is 22.1 Å². The maximum atomic E-state index is 13.6. The normalized spacial score (nSPS) is 19.1. The fraction of sp³-hybridized carbons (Fsp3) is 0.333. The Morgan fingerprint density at radius 1 is 0.940 bits per heavy atom. The molecule has 1 fully saturated rings. The maximum Gasteiger partial charge on any atom is 0.319 e. The average molecular weight is 726 g/mol. The van der Waals surface area contributed by atoms with Gasteiger partial charge in [-0.15, -0.1) is 0 Å². The van der Waals surface area contributed by atoms with E-state index in [1.165, 1.54) is 35.6 Å². The number of esters is 3. The minimum Gasteiger partial charge on any atom is -0.463 e. The van der Waals surface area contributed by atoms with Crippen molar-refractivity contribution < 1.29 is 46.5 Å². The first kappa shape index (κ1) is 34.8. The van der Waals surface area contributed by atoms with Gasteiger partial charge in [-0.3, -0.25) is 19.0 Å². The lowest BCUT2D eigenvalue weighted by Gasteiger charge is -2.23. The molecule has 3 aromatic heterocycles. The van der Waals surface area contributed by atoms with Gasteiger partial charge in [0.15, 0.2) is 29.2 Å². The number of carbonyl (C=O) groups excluding carboxylic acids is 3. The number of benzene rings is 2. The van der Waals surface area contributed by atoms with E-state index in [0.717, 1.165) is 10.9 Å². The first-order chi connectivity index (χ1) is 23.8. The molecule has 0 amide bonds. The number of hydrogen-bond donors (Lipinski definition) is 0. The van der Waals surface area contributed by atoms with Gasteiger partial charge >= 0.3 is 23.9 Å². The van der Waals surface area contributed by atoms with Gasteiger partial charge < -0.3 is 23.7 Å². The molecule has 1 aliphatic heterocycles. The molecule has 2 aromatic carbocycles. The summed E-state index contributed by atoms with van der Waals surface area (Å²) < 4.78 is 58.0. The third kappa shape index (κ3) is 6.99. The Bertz CT molecular complexity index is 2200. The van der Waals surface area contributed by atoms with E-state index in [4.69, 9.17) is 35.3 Å². The van der Waals surface area contributed by atoms with Crippen molar-refractivity contribution in [3.63, 3.8) is 0 Å². The predicted molar refractivity (Wildman–Crippen MR) is 177 cm³/mol. The molecule has 0 bridgehead atoms. The third-order valence-corrected chi connectivity index (χ3v) is 9.87. The smallest absolute Gasteiger partial charge is 0.319 e. The fourth-order valence-corrected chi connectivity index (χ4v) is 7.32. The van der Waals surface area contributed by atoms with E-state index in [1.807, 2.05) is 19.1 Å². The molecule has 4 atom stereocenters. The van der Waals surface area contributed by atoms with Crippen molar-refractivity contribution in [1.29, 1.82) is 0 Å². The van der Waals surface area contributed by atoms with E-state index in [1.54, 1.807) is 42.6 Å².